The van der Waals surface area contributed by atoms with Crippen molar-refractivity contribution in [2.45, 2.75) is 20.4 Å². The van der Waals surface area contributed by atoms with Crippen molar-refractivity contribution in [3.63, 3.8) is 0 Å². The number of hydrogen-bond donors (Lipinski definition) is 2. The summed E-state index contributed by atoms with van der Waals surface area (Å²) < 4.78 is 5.26. The molecule has 1 aromatic heterocycles. The van der Waals surface area contributed by atoms with Crippen LogP contribution in [0, 0.1) is 13.8 Å². The summed E-state index contributed by atoms with van der Waals surface area (Å²) in [5, 5.41) is 2.83. The molecule has 0 unspecified atom stereocenters. The van der Waals surface area contributed by atoms with Crippen LogP contribution in [-0.4, -0.2) is 18.0 Å². The monoisotopic (exact) mass is 362 g/mol. The molecule has 5 nitrogen and oxygen atoms in total. The van der Waals surface area contributed by atoms with Gasteiger partial charge < -0.3 is 15.0 Å². The quantitative estimate of drug-likeness (QED) is 0.728. The van der Waals surface area contributed by atoms with Gasteiger partial charge in [-0.1, -0.05) is 24.3 Å². The molecule has 2 aromatic carbocycles. The molecular formula is C22H22N2O3. The number of nitrogens with one attached hydrogen (secondary N) is 2. The zero-order chi connectivity index (χ0) is 19.4. The summed E-state index contributed by atoms with van der Waals surface area (Å²) in [7, 11) is 1.62. The van der Waals surface area contributed by atoms with Crippen molar-refractivity contribution in [2.75, 3.05) is 7.11 Å². The highest BCUT2D eigenvalue weighted by Crippen LogP contribution is 2.24. The maximum Gasteiger partial charge on any atom is 0.253 e. The van der Waals surface area contributed by atoms with Crippen LogP contribution in [0.3, 0.4) is 0 Å². The summed E-state index contributed by atoms with van der Waals surface area (Å²) in [6, 6.07) is 16.9. The van der Waals surface area contributed by atoms with Crippen molar-refractivity contribution in [1.82, 2.24) is 10.3 Å². The van der Waals surface area contributed by atoms with Crippen molar-refractivity contribution in [3.8, 4) is 16.9 Å². The molecule has 5 heteroatoms. The Morgan fingerprint density at radius 2 is 1.74 bits per heavy atom. The van der Waals surface area contributed by atoms with Gasteiger partial charge in [0.15, 0.2) is 0 Å². The minimum Gasteiger partial charge on any atom is -0.497 e. The third-order valence-corrected chi connectivity index (χ3v) is 4.45. The maximum atomic E-state index is 12.6. The van der Waals surface area contributed by atoms with Crippen LogP contribution < -0.4 is 15.6 Å². The van der Waals surface area contributed by atoms with E-state index in [1.165, 1.54) is 0 Å². The van der Waals surface area contributed by atoms with E-state index in [2.05, 4.69) is 10.3 Å². The number of benzene rings is 2. The molecule has 3 rings (SSSR count). The fourth-order valence-corrected chi connectivity index (χ4v) is 3.01. The summed E-state index contributed by atoms with van der Waals surface area (Å²) >= 11 is 0. The second-order valence-electron chi connectivity index (χ2n) is 6.44. The van der Waals surface area contributed by atoms with Crippen molar-refractivity contribution >= 4 is 5.91 Å². The van der Waals surface area contributed by atoms with E-state index in [0.717, 1.165) is 28.1 Å². The minimum absolute atomic E-state index is 0.169. The molecule has 0 aliphatic carbocycles. The first-order valence-corrected chi connectivity index (χ1v) is 8.70. The first kappa shape index (κ1) is 18.5. The summed E-state index contributed by atoms with van der Waals surface area (Å²) in [4.78, 5) is 27.4. The highest BCUT2D eigenvalue weighted by atomic mass is 16.5. The molecule has 0 radical (unpaired) electrons. The van der Waals surface area contributed by atoms with Gasteiger partial charge in [0.05, 0.1) is 7.11 Å². The van der Waals surface area contributed by atoms with Gasteiger partial charge in [-0.2, -0.15) is 0 Å². The number of amides is 1. The Morgan fingerprint density at radius 3 is 2.44 bits per heavy atom. The third kappa shape index (κ3) is 4.26. The van der Waals surface area contributed by atoms with E-state index < -0.39 is 0 Å². The minimum atomic E-state index is -0.223. The van der Waals surface area contributed by atoms with Gasteiger partial charge in [0.25, 0.3) is 11.5 Å². The van der Waals surface area contributed by atoms with Gasteiger partial charge in [-0.25, -0.2) is 0 Å². The van der Waals surface area contributed by atoms with E-state index in [9.17, 15) is 9.59 Å². The average Bonchev–Trinajstić information content (AvgIpc) is 2.67. The first-order valence-electron chi connectivity index (χ1n) is 8.70. The molecular weight excluding hydrogens is 340 g/mol. The number of H-pyrrole nitrogens is 1. The van der Waals surface area contributed by atoms with Gasteiger partial charge in [0, 0.05) is 23.4 Å². The number of aromatic nitrogens is 1. The number of rotatable bonds is 5. The molecule has 3 aromatic rings. The lowest BCUT2D eigenvalue weighted by Crippen LogP contribution is -2.27. The maximum absolute atomic E-state index is 12.6. The Morgan fingerprint density at radius 1 is 1.04 bits per heavy atom. The molecule has 1 heterocycles. The first-order chi connectivity index (χ1) is 13.0. The number of methoxy groups -OCH3 is 1. The van der Waals surface area contributed by atoms with E-state index in [4.69, 9.17) is 4.74 Å². The van der Waals surface area contributed by atoms with Crippen LogP contribution in [-0.2, 0) is 6.54 Å². The Kier molecular flexibility index (Phi) is 5.41. The predicted molar refractivity (Wildman–Crippen MR) is 106 cm³/mol. The lowest BCUT2D eigenvalue weighted by molar-refractivity contribution is 0.0951. The summed E-state index contributed by atoms with van der Waals surface area (Å²) in [5.41, 5.74) is 4.49. The Balaban J connectivity index is 1.79. The molecule has 1 amide bonds. The normalized spacial score (nSPS) is 10.5. The molecule has 0 spiro atoms. The standard InChI is InChI=1S/C22H22N2O3/c1-14-10-15(2)24-22(26)20(14)13-23-21(25)18-8-4-6-16(11-18)17-7-5-9-19(12-17)27-3/h4-12H,13H2,1-3H3,(H,23,25)(H,24,26). The lowest BCUT2D eigenvalue weighted by Gasteiger charge is -2.10. The highest BCUT2D eigenvalue weighted by molar-refractivity contribution is 5.95. The molecule has 0 fully saturated rings. The molecule has 0 aliphatic rings. The Labute approximate surface area is 158 Å². The van der Waals surface area contributed by atoms with Crippen molar-refractivity contribution in [2.24, 2.45) is 0 Å². The number of hydrogen-bond acceptors (Lipinski definition) is 3. The lowest BCUT2D eigenvalue weighted by atomic mass is 10.0. The smallest absolute Gasteiger partial charge is 0.253 e. The fraction of sp³-hybridized carbons (Fsp3) is 0.182. The van der Waals surface area contributed by atoms with Crippen LogP contribution in [0.2, 0.25) is 0 Å². The van der Waals surface area contributed by atoms with Crippen LogP contribution in [0.5, 0.6) is 5.75 Å². The number of aromatic amines is 1. The topological polar surface area (TPSA) is 71.2 Å². The predicted octanol–water partition coefficient (Wildman–Crippen LogP) is 3.60. The second kappa shape index (κ2) is 7.91. The molecule has 0 saturated heterocycles. The van der Waals surface area contributed by atoms with E-state index in [-0.39, 0.29) is 18.0 Å². The van der Waals surface area contributed by atoms with Gasteiger partial charge >= 0.3 is 0 Å². The summed E-state index contributed by atoms with van der Waals surface area (Å²) in [6.07, 6.45) is 0. The number of ether oxygens (including phenoxy) is 1. The summed E-state index contributed by atoms with van der Waals surface area (Å²) in [5.74, 6) is 0.538. The number of pyridine rings is 1. The molecule has 2 N–H and O–H groups in total. The zero-order valence-electron chi connectivity index (χ0n) is 15.6. The molecule has 27 heavy (non-hydrogen) atoms. The van der Waals surface area contributed by atoms with Crippen LogP contribution >= 0.6 is 0 Å². The van der Waals surface area contributed by atoms with Crippen LogP contribution in [0.1, 0.15) is 27.2 Å². The van der Waals surface area contributed by atoms with Gasteiger partial charge in [0.1, 0.15) is 5.75 Å². The Bertz CT molecular complexity index is 1040. The van der Waals surface area contributed by atoms with Crippen LogP contribution in [0.15, 0.2) is 59.4 Å². The number of carbonyl (C=O) groups excluding carboxylic acids is 1. The third-order valence-electron chi connectivity index (χ3n) is 4.45. The van der Waals surface area contributed by atoms with Gasteiger partial charge in [-0.05, 0) is 60.9 Å². The van der Waals surface area contributed by atoms with Crippen molar-refractivity contribution in [3.05, 3.63) is 87.3 Å². The van der Waals surface area contributed by atoms with Gasteiger partial charge in [-0.3, -0.25) is 9.59 Å². The van der Waals surface area contributed by atoms with E-state index in [1.807, 2.05) is 62.4 Å². The van der Waals surface area contributed by atoms with E-state index in [0.29, 0.717) is 11.1 Å². The SMILES string of the molecule is COc1cccc(-c2cccc(C(=O)NCc3c(C)cc(C)[nH]c3=O)c2)c1. The molecule has 0 atom stereocenters. The van der Waals surface area contributed by atoms with E-state index >= 15 is 0 Å². The largest absolute Gasteiger partial charge is 0.497 e. The summed E-state index contributed by atoms with van der Waals surface area (Å²) in [6.45, 7) is 3.89. The van der Waals surface area contributed by atoms with Crippen LogP contribution in [0.4, 0.5) is 0 Å². The molecule has 0 aliphatic heterocycles. The highest BCUT2D eigenvalue weighted by Gasteiger charge is 2.10. The van der Waals surface area contributed by atoms with Gasteiger partial charge in [-0.15, -0.1) is 0 Å². The molecule has 0 saturated carbocycles. The number of carbonyl (C=O) groups is 1. The zero-order valence-corrected chi connectivity index (χ0v) is 15.6. The van der Waals surface area contributed by atoms with E-state index in [1.54, 1.807) is 13.2 Å². The second-order valence-corrected chi connectivity index (χ2v) is 6.44. The fourth-order valence-electron chi connectivity index (χ4n) is 3.01. The van der Waals surface area contributed by atoms with Crippen molar-refractivity contribution < 1.29 is 9.53 Å². The average molecular weight is 362 g/mol. The Hall–Kier alpha value is -3.34. The van der Waals surface area contributed by atoms with Crippen molar-refractivity contribution in [1.29, 1.82) is 0 Å². The molecule has 138 valence electrons. The molecule has 0 bridgehead atoms. The van der Waals surface area contributed by atoms with Gasteiger partial charge in [0.2, 0.25) is 0 Å². The van der Waals surface area contributed by atoms with Crippen LogP contribution in [0.25, 0.3) is 11.1 Å². The number of aryl methyl sites for hydroxylation is 2.